The zero-order valence-electron chi connectivity index (χ0n) is 9.04. The van der Waals surface area contributed by atoms with Crippen LogP contribution < -0.4 is 5.76 Å². The number of aryl methyl sites for hydroxylation is 3. The van der Waals surface area contributed by atoms with Crippen molar-refractivity contribution in [1.82, 2.24) is 24.5 Å². The minimum Gasteiger partial charge on any atom is -0.392 e. The highest BCUT2D eigenvalue weighted by molar-refractivity contribution is 4.74. The smallest absolute Gasteiger partial charge is 0.392 e. The first-order valence-corrected chi connectivity index (χ1v) is 5.19. The van der Waals surface area contributed by atoms with Crippen LogP contribution in [0.4, 0.5) is 0 Å². The molecule has 0 aromatic carbocycles. The SMILES string of the molecule is CCCc1nn(CCn2cncn2)c(=O)o1. The number of nitrogens with zero attached hydrogens (tertiary/aromatic N) is 5. The monoisotopic (exact) mass is 223 g/mol. The van der Waals surface area contributed by atoms with Gasteiger partial charge < -0.3 is 4.42 Å². The maximum atomic E-state index is 11.4. The molecule has 86 valence electrons. The summed E-state index contributed by atoms with van der Waals surface area (Å²) in [5.41, 5.74) is 0. The van der Waals surface area contributed by atoms with E-state index in [2.05, 4.69) is 15.2 Å². The van der Waals surface area contributed by atoms with Crippen LogP contribution in [-0.4, -0.2) is 24.5 Å². The van der Waals surface area contributed by atoms with Gasteiger partial charge in [0.1, 0.15) is 12.7 Å². The van der Waals surface area contributed by atoms with E-state index < -0.39 is 5.76 Å². The van der Waals surface area contributed by atoms with Crippen molar-refractivity contribution in [3.8, 4) is 0 Å². The number of aromatic nitrogens is 5. The van der Waals surface area contributed by atoms with Crippen LogP contribution in [0.15, 0.2) is 21.9 Å². The van der Waals surface area contributed by atoms with Gasteiger partial charge in [0.25, 0.3) is 0 Å². The van der Waals surface area contributed by atoms with Crippen LogP contribution in [0, 0.1) is 0 Å². The molecule has 0 spiro atoms. The van der Waals surface area contributed by atoms with Crippen LogP contribution in [0.1, 0.15) is 19.2 Å². The first kappa shape index (κ1) is 10.6. The second kappa shape index (κ2) is 4.73. The Morgan fingerprint density at radius 3 is 3.00 bits per heavy atom. The van der Waals surface area contributed by atoms with Crippen molar-refractivity contribution in [2.45, 2.75) is 32.9 Å². The second-order valence-electron chi connectivity index (χ2n) is 3.39. The van der Waals surface area contributed by atoms with E-state index in [0.717, 1.165) is 6.42 Å². The molecule has 0 aliphatic heterocycles. The lowest BCUT2D eigenvalue weighted by Gasteiger charge is -1.97. The standard InChI is InChI=1S/C9H13N5O2/c1-2-3-8-12-14(9(15)16-8)5-4-13-7-10-6-11-13/h6-7H,2-5H2,1H3. The fraction of sp³-hybridized carbons (Fsp3) is 0.556. The molecule has 16 heavy (non-hydrogen) atoms. The number of hydrogen-bond donors (Lipinski definition) is 0. The third-order valence-corrected chi connectivity index (χ3v) is 2.12. The molecule has 2 heterocycles. The van der Waals surface area contributed by atoms with Crippen molar-refractivity contribution >= 4 is 0 Å². The van der Waals surface area contributed by atoms with Gasteiger partial charge in [0.2, 0.25) is 5.89 Å². The minimum atomic E-state index is -0.413. The zero-order chi connectivity index (χ0) is 11.4. The molecule has 0 bridgehead atoms. The van der Waals surface area contributed by atoms with E-state index in [0.29, 0.717) is 25.4 Å². The van der Waals surface area contributed by atoms with Crippen molar-refractivity contribution in [2.75, 3.05) is 0 Å². The van der Waals surface area contributed by atoms with Gasteiger partial charge in [-0.25, -0.2) is 9.78 Å². The second-order valence-corrected chi connectivity index (χ2v) is 3.39. The summed E-state index contributed by atoms with van der Waals surface area (Å²) < 4.78 is 7.93. The van der Waals surface area contributed by atoms with Gasteiger partial charge in [-0.15, -0.1) is 5.10 Å². The third-order valence-electron chi connectivity index (χ3n) is 2.12. The summed E-state index contributed by atoms with van der Waals surface area (Å²) in [4.78, 5) is 15.2. The average Bonchev–Trinajstić information content (AvgIpc) is 2.86. The zero-order valence-corrected chi connectivity index (χ0v) is 9.04. The summed E-state index contributed by atoms with van der Waals surface area (Å²) >= 11 is 0. The van der Waals surface area contributed by atoms with E-state index in [4.69, 9.17) is 4.42 Å². The molecule has 0 atom stereocenters. The fourth-order valence-electron chi connectivity index (χ4n) is 1.35. The molecule has 0 aliphatic carbocycles. The number of rotatable bonds is 5. The van der Waals surface area contributed by atoms with Crippen molar-refractivity contribution in [1.29, 1.82) is 0 Å². The molecular weight excluding hydrogens is 210 g/mol. The Labute approximate surface area is 91.7 Å². The quantitative estimate of drug-likeness (QED) is 0.717. The Kier molecular flexibility index (Phi) is 3.13. The third kappa shape index (κ3) is 2.36. The van der Waals surface area contributed by atoms with Crippen molar-refractivity contribution in [2.24, 2.45) is 0 Å². The van der Waals surface area contributed by atoms with Crippen LogP contribution >= 0.6 is 0 Å². The molecule has 0 unspecified atom stereocenters. The van der Waals surface area contributed by atoms with Gasteiger partial charge in [0, 0.05) is 6.42 Å². The molecule has 2 rings (SSSR count). The lowest BCUT2D eigenvalue weighted by atomic mass is 10.3. The number of hydrogen-bond acceptors (Lipinski definition) is 5. The highest BCUT2D eigenvalue weighted by Crippen LogP contribution is 1.95. The largest absolute Gasteiger partial charge is 0.437 e. The van der Waals surface area contributed by atoms with Gasteiger partial charge in [-0.1, -0.05) is 6.92 Å². The van der Waals surface area contributed by atoms with Crippen LogP contribution in [-0.2, 0) is 19.5 Å². The highest BCUT2D eigenvalue weighted by atomic mass is 16.4. The van der Waals surface area contributed by atoms with Crippen LogP contribution in [0.2, 0.25) is 0 Å². The Morgan fingerprint density at radius 2 is 2.31 bits per heavy atom. The maximum Gasteiger partial charge on any atom is 0.437 e. The van der Waals surface area contributed by atoms with Gasteiger partial charge in [-0.3, -0.25) is 4.68 Å². The normalized spacial score (nSPS) is 10.8. The lowest BCUT2D eigenvalue weighted by molar-refractivity contribution is 0.429. The molecule has 7 nitrogen and oxygen atoms in total. The summed E-state index contributed by atoms with van der Waals surface area (Å²) in [5, 5.41) is 8.01. The first-order valence-electron chi connectivity index (χ1n) is 5.19. The fourth-order valence-corrected chi connectivity index (χ4v) is 1.35. The highest BCUT2D eigenvalue weighted by Gasteiger charge is 2.06. The summed E-state index contributed by atoms with van der Waals surface area (Å²) in [6, 6.07) is 0. The van der Waals surface area contributed by atoms with E-state index >= 15 is 0 Å². The molecular formula is C9H13N5O2. The lowest BCUT2D eigenvalue weighted by Crippen LogP contribution is -2.19. The molecule has 2 aromatic rings. The van der Waals surface area contributed by atoms with E-state index in [1.165, 1.54) is 11.0 Å². The van der Waals surface area contributed by atoms with Crippen LogP contribution in [0.5, 0.6) is 0 Å². The summed E-state index contributed by atoms with van der Waals surface area (Å²) in [7, 11) is 0. The summed E-state index contributed by atoms with van der Waals surface area (Å²) in [6.07, 6.45) is 4.64. The first-order chi connectivity index (χ1) is 7.79. The van der Waals surface area contributed by atoms with E-state index in [1.54, 1.807) is 11.0 Å². The van der Waals surface area contributed by atoms with Crippen molar-refractivity contribution in [3.63, 3.8) is 0 Å². The Balaban J connectivity index is 2.01. The molecule has 0 radical (unpaired) electrons. The summed E-state index contributed by atoms with van der Waals surface area (Å²) in [5.74, 6) is 0.0784. The predicted molar refractivity (Wildman–Crippen MR) is 54.8 cm³/mol. The van der Waals surface area contributed by atoms with Gasteiger partial charge in [-0.05, 0) is 6.42 Å². The summed E-state index contributed by atoms with van der Waals surface area (Å²) in [6.45, 7) is 3.00. The Morgan fingerprint density at radius 1 is 1.44 bits per heavy atom. The molecule has 0 saturated heterocycles. The van der Waals surface area contributed by atoms with Crippen LogP contribution in [0.25, 0.3) is 0 Å². The van der Waals surface area contributed by atoms with Crippen molar-refractivity contribution < 1.29 is 4.42 Å². The molecule has 0 N–H and O–H groups in total. The van der Waals surface area contributed by atoms with Gasteiger partial charge in [-0.2, -0.15) is 9.78 Å². The van der Waals surface area contributed by atoms with Gasteiger partial charge in [0.15, 0.2) is 0 Å². The molecule has 0 amide bonds. The topological polar surface area (TPSA) is 78.7 Å². The van der Waals surface area contributed by atoms with Crippen LogP contribution in [0.3, 0.4) is 0 Å². The van der Waals surface area contributed by atoms with Crippen molar-refractivity contribution in [3.05, 3.63) is 29.1 Å². The van der Waals surface area contributed by atoms with E-state index in [-0.39, 0.29) is 0 Å². The van der Waals surface area contributed by atoms with Gasteiger partial charge >= 0.3 is 5.76 Å². The molecule has 0 aliphatic rings. The Hall–Kier alpha value is -1.92. The Bertz CT molecular complexity index is 484. The average molecular weight is 223 g/mol. The minimum absolute atomic E-state index is 0.413. The molecule has 7 heteroatoms. The van der Waals surface area contributed by atoms with E-state index in [1.807, 2.05) is 6.92 Å². The predicted octanol–water partition coefficient (Wildman–Crippen LogP) is 0.0805. The molecule has 0 saturated carbocycles. The van der Waals surface area contributed by atoms with Gasteiger partial charge in [0.05, 0.1) is 13.1 Å². The van der Waals surface area contributed by atoms with E-state index in [9.17, 15) is 4.79 Å². The molecule has 2 aromatic heterocycles. The maximum absolute atomic E-state index is 11.4. The molecule has 0 fully saturated rings.